The van der Waals surface area contributed by atoms with Crippen molar-refractivity contribution in [2.75, 3.05) is 40.9 Å². The molecule has 0 fully saturated rings. The number of unbranched alkanes of at least 4 members (excludes halogenated alkanes) is 28. The van der Waals surface area contributed by atoms with E-state index in [2.05, 4.69) is 31.3 Å². The molecule has 332 valence electrons. The Kier molecular flexibility index (Phi) is 38.7. The van der Waals surface area contributed by atoms with E-state index in [0.717, 1.165) is 51.4 Å². The molecule has 3 atom stereocenters. The average molecular weight is 813 g/mol. The van der Waals surface area contributed by atoms with Gasteiger partial charge in [0.2, 0.25) is 5.91 Å². The second-order valence-electron chi connectivity index (χ2n) is 17.5. The first-order valence-corrected chi connectivity index (χ1v) is 25.2. The number of nitrogens with zero attached hydrogens (tertiary/aromatic N) is 1. The van der Waals surface area contributed by atoms with Crippen molar-refractivity contribution in [3.63, 3.8) is 0 Å². The van der Waals surface area contributed by atoms with E-state index in [1.165, 1.54) is 148 Å². The van der Waals surface area contributed by atoms with Crippen LogP contribution < -0.4 is 10.2 Å². The van der Waals surface area contributed by atoms with Crippen molar-refractivity contribution < 1.29 is 32.9 Å². The highest BCUT2D eigenvalue weighted by Gasteiger charge is 2.23. The van der Waals surface area contributed by atoms with Crippen LogP contribution in [0.5, 0.6) is 0 Å². The molecule has 0 aliphatic heterocycles. The summed E-state index contributed by atoms with van der Waals surface area (Å²) in [6, 6.07) is -0.887. The van der Waals surface area contributed by atoms with Gasteiger partial charge in [0.25, 0.3) is 7.82 Å². The molecule has 0 aliphatic rings. The van der Waals surface area contributed by atoms with Gasteiger partial charge in [-0.05, 0) is 44.9 Å². The Morgan fingerprint density at radius 3 is 1.39 bits per heavy atom. The molecule has 56 heavy (non-hydrogen) atoms. The van der Waals surface area contributed by atoms with Crippen molar-refractivity contribution in [2.24, 2.45) is 0 Å². The number of nitrogens with one attached hydrogen (secondary N) is 1. The van der Waals surface area contributed by atoms with Crippen LogP contribution in [0.25, 0.3) is 0 Å². The van der Waals surface area contributed by atoms with Crippen molar-refractivity contribution in [2.45, 2.75) is 231 Å². The third kappa shape index (κ3) is 41.2. The molecule has 0 saturated heterocycles. The second-order valence-corrected chi connectivity index (χ2v) is 18.9. The fraction of sp³-hybridized carbons (Fsp3) is 0.894. The van der Waals surface area contributed by atoms with Gasteiger partial charge >= 0.3 is 0 Å². The molecule has 0 saturated carbocycles. The summed E-state index contributed by atoms with van der Waals surface area (Å²) in [6.45, 7) is 4.65. The van der Waals surface area contributed by atoms with Crippen LogP contribution in [0, 0.1) is 0 Å². The van der Waals surface area contributed by atoms with Gasteiger partial charge in [-0.25, -0.2) is 0 Å². The Hall–Kier alpha value is -1.02. The minimum absolute atomic E-state index is 0.00139. The number of rotatable bonds is 43. The lowest BCUT2D eigenvalue weighted by Crippen LogP contribution is -2.45. The molecule has 8 nitrogen and oxygen atoms in total. The predicted octanol–water partition coefficient (Wildman–Crippen LogP) is 12.7. The SMILES string of the molecule is CCCCCCCCCCC/C=C\CCCCCCCC(=O)NC(COP(=O)([O-])OCC[N+](C)(C)C)C(O)/C=C/CCCCCCCCCCCCCCCC. The normalized spacial score (nSPS) is 14.5. The van der Waals surface area contributed by atoms with Crippen LogP contribution >= 0.6 is 7.82 Å². The largest absolute Gasteiger partial charge is 0.756 e. The summed E-state index contributed by atoms with van der Waals surface area (Å²) in [5.41, 5.74) is 0. The van der Waals surface area contributed by atoms with E-state index in [1.54, 1.807) is 6.08 Å². The molecule has 0 spiro atoms. The zero-order chi connectivity index (χ0) is 41.4. The highest BCUT2D eigenvalue weighted by Crippen LogP contribution is 2.38. The highest BCUT2D eigenvalue weighted by molar-refractivity contribution is 7.45. The number of aliphatic hydroxyl groups excluding tert-OH is 1. The Balaban J connectivity index is 4.39. The molecule has 0 aromatic rings. The summed E-state index contributed by atoms with van der Waals surface area (Å²) in [6.07, 6.45) is 46.5. The van der Waals surface area contributed by atoms with E-state index in [-0.39, 0.29) is 19.1 Å². The van der Waals surface area contributed by atoms with Gasteiger partial charge in [-0.3, -0.25) is 9.36 Å². The molecule has 2 N–H and O–H groups in total. The third-order valence-electron chi connectivity index (χ3n) is 10.7. The summed E-state index contributed by atoms with van der Waals surface area (Å²) in [4.78, 5) is 25.3. The number of phosphoric ester groups is 1. The quantitative estimate of drug-likeness (QED) is 0.0275. The molecule has 0 heterocycles. The van der Waals surface area contributed by atoms with Crippen LogP contribution in [0.4, 0.5) is 0 Å². The monoisotopic (exact) mass is 813 g/mol. The molecular formula is C47H93N2O6P. The first-order chi connectivity index (χ1) is 27.0. The lowest BCUT2D eigenvalue weighted by atomic mass is 10.0. The second kappa shape index (κ2) is 39.4. The van der Waals surface area contributed by atoms with Gasteiger partial charge in [0.1, 0.15) is 13.2 Å². The van der Waals surface area contributed by atoms with E-state index in [0.29, 0.717) is 17.4 Å². The topological polar surface area (TPSA) is 108 Å². The Labute approximate surface area is 347 Å². The Morgan fingerprint density at radius 2 is 0.982 bits per heavy atom. The molecule has 1 amide bonds. The number of quaternary nitrogens is 1. The van der Waals surface area contributed by atoms with Gasteiger partial charge in [-0.15, -0.1) is 0 Å². The summed E-state index contributed by atoms with van der Waals surface area (Å²) in [5.74, 6) is -0.205. The number of carbonyl (C=O) groups is 1. The van der Waals surface area contributed by atoms with Gasteiger partial charge in [0, 0.05) is 6.42 Å². The van der Waals surface area contributed by atoms with Crippen molar-refractivity contribution in [3.05, 3.63) is 24.3 Å². The first kappa shape index (κ1) is 55.0. The molecule has 0 aliphatic carbocycles. The number of hydrogen-bond donors (Lipinski definition) is 2. The van der Waals surface area contributed by atoms with Gasteiger partial charge in [0.15, 0.2) is 0 Å². The van der Waals surface area contributed by atoms with Gasteiger partial charge in [-0.1, -0.05) is 192 Å². The van der Waals surface area contributed by atoms with Crippen LogP contribution in [-0.4, -0.2) is 68.5 Å². The molecule has 0 aromatic heterocycles. The van der Waals surface area contributed by atoms with Gasteiger partial charge in [0.05, 0.1) is 39.9 Å². The van der Waals surface area contributed by atoms with Crippen LogP contribution in [0.2, 0.25) is 0 Å². The summed E-state index contributed by atoms with van der Waals surface area (Å²) < 4.78 is 23.2. The number of aliphatic hydroxyl groups is 1. The van der Waals surface area contributed by atoms with Crippen LogP contribution in [0.1, 0.15) is 219 Å². The lowest BCUT2D eigenvalue weighted by molar-refractivity contribution is -0.870. The molecular weight excluding hydrogens is 719 g/mol. The maximum atomic E-state index is 12.9. The third-order valence-corrected chi connectivity index (χ3v) is 11.6. The maximum absolute atomic E-state index is 12.9. The zero-order valence-electron chi connectivity index (χ0n) is 37.6. The van der Waals surface area contributed by atoms with E-state index in [1.807, 2.05) is 27.2 Å². The molecule has 0 bridgehead atoms. The van der Waals surface area contributed by atoms with Crippen molar-refractivity contribution in [1.82, 2.24) is 5.32 Å². The summed E-state index contributed by atoms with van der Waals surface area (Å²) >= 11 is 0. The van der Waals surface area contributed by atoms with Gasteiger partial charge < -0.3 is 28.8 Å². The molecule has 0 radical (unpaired) electrons. The maximum Gasteiger partial charge on any atom is 0.268 e. The van der Waals surface area contributed by atoms with E-state index < -0.39 is 20.0 Å². The Bertz CT molecular complexity index is 969. The molecule has 0 aromatic carbocycles. The van der Waals surface area contributed by atoms with E-state index >= 15 is 0 Å². The first-order valence-electron chi connectivity index (χ1n) is 23.7. The Morgan fingerprint density at radius 1 is 0.607 bits per heavy atom. The summed E-state index contributed by atoms with van der Waals surface area (Å²) in [5, 5.41) is 13.8. The summed E-state index contributed by atoms with van der Waals surface area (Å²) in [7, 11) is 1.26. The highest BCUT2D eigenvalue weighted by atomic mass is 31.2. The zero-order valence-corrected chi connectivity index (χ0v) is 38.5. The smallest absolute Gasteiger partial charge is 0.268 e. The van der Waals surface area contributed by atoms with Crippen molar-refractivity contribution >= 4 is 13.7 Å². The van der Waals surface area contributed by atoms with Crippen LogP contribution in [0.3, 0.4) is 0 Å². The minimum atomic E-state index is -4.59. The van der Waals surface area contributed by atoms with Crippen LogP contribution in [-0.2, 0) is 18.4 Å². The number of hydrogen-bond acceptors (Lipinski definition) is 6. The standard InChI is InChI=1S/C47H93N2O6P/c1-6-8-10-12-14-16-18-20-22-24-25-27-29-31-33-35-37-39-41-47(51)48-45(44-55-56(52,53)54-43-42-49(3,4)5)46(50)40-38-36-34-32-30-28-26-23-21-19-17-15-13-11-9-7-2/h25,27,38,40,45-46,50H,6-24,26,28-37,39,41-44H2,1-5H3,(H-,48,51,52,53)/b27-25-,40-38+. The molecule has 0 rings (SSSR count). The lowest BCUT2D eigenvalue weighted by Gasteiger charge is -2.29. The van der Waals surface area contributed by atoms with Crippen molar-refractivity contribution in [1.29, 1.82) is 0 Å². The number of carbonyl (C=O) groups excluding carboxylic acids is 1. The minimum Gasteiger partial charge on any atom is -0.756 e. The van der Waals surface area contributed by atoms with Crippen molar-refractivity contribution in [3.8, 4) is 0 Å². The van der Waals surface area contributed by atoms with E-state index in [4.69, 9.17) is 9.05 Å². The van der Waals surface area contributed by atoms with E-state index in [9.17, 15) is 19.4 Å². The fourth-order valence-corrected chi connectivity index (χ4v) is 7.58. The predicted molar refractivity (Wildman–Crippen MR) is 238 cm³/mol. The van der Waals surface area contributed by atoms with Crippen LogP contribution in [0.15, 0.2) is 24.3 Å². The molecule has 3 unspecified atom stereocenters. The van der Waals surface area contributed by atoms with Gasteiger partial charge in [-0.2, -0.15) is 0 Å². The number of phosphoric acid groups is 1. The number of amides is 1. The molecule has 9 heteroatoms. The average Bonchev–Trinajstić information content (AvgIpc) is 3.15. The number of likely N-dealkylation sites (N-methyl/N-ethyl adjacent to an activating group) is 1. The number of allylic oxidation sites excluding steroid dienone is 3. The fourth-order valence-electron chi connectivity index (χ4n) is 6.85.